The van der Waals surface area contributed by atoms with Crippen LogP contribution in [0.2, 0.25) is 0 Å². The Kier molecular flexibility index (Phi) is 4.26. The molecular weight excluding hydrogens is 216 g/mol. The summed E-state index contributed by atoms with van der Waals surface area (Å²) in [5.74, 6) is 0. The van der Waals surface area contributed by atoms with Crippen molar-refractivity contribution in [3.63, 3.8) is 0 Å². The molecule has 1 aromatic rings. The summed E-state index contributed by atoms with van der Waals surface area (Å²) in [6, 6.07) is 8.03. The second-order valence-electron chi connectivity index (χ2n) is 2.74. The van der Waals surface area contributed by atoms with Gasteiger partial charge >= 0.3 is 6.41 Å². The predicted octanol–water partition coefficient (Wildman–Crippen LogP) is -0.378. The number of amides is 1. The zero-order chi connectivity index (χ0) is 11.1. The first-order chi connectivity index (χ1) is 7.17. The Bertz CT molecular complexity index is 403. The van der Waals surface area contributed by atoms with Crippen molar-refractivity contribution in [2.45, 2.75) is 4.90 Å². The molecule has 0 atom stereocenters. The van der Waals surface area contributed by atoms with E-state index in [1.54, 1.807) is 18.2 Å². The summed E-state index contributed by atoms with van der Waals surface area (Å²) >= 11 is 0. The molecular formula is C9H11N2O3S. The molecule has 0 saturated carbocycles. The number of hydrogen-bond acceptors (Lipinski definition) is 3. The lowest BCUT2D eigenvalue weighted by molar-refractivity contribution is 0.540. The summed E-state index contributed by atoms with van der Waals surface area (Å²) in [6.45, 7) is 0.363. The highest BCUT2D eigenvalue weighted by Crippen LogP contribution is 2.05. The van der Waals surface area contributed by atoms with Crippen LogP contribution in [0.4, 0.5) is 0 Å². The predicted molar refractivity (Wildman–Crippen MR) is 55.3 cm³/mol. The standard InChI is InChI=1S/C9H11N2O3S/c12-8-10-6-7-11-15(13,14)9-4-2-1-3-5-9/h1-5,11H,6-7H2,(H,10,12). The summed E-state index contributed by atoms with van der Waals surface area (Å²) < 4.78 is 25.5. The lowest BCUT2D eigenvalue weighted by Gasteiger charge is -2.05. The van der Waals surface area contributed by atoms with Gasteiger partial charge in [-0.2, -0.15) is 0 Å². The van der Waals surface area contributed by atoms with Gasteiger partial charge < -0.3 is 5.32 Å². The maximum Gasteiger partial charge on any atom is 0.309 e. The van der Waals surface area contributed by atoms with Gasteiger partial charge in [-0.15, -0.1) is 0 Å². The average Bonchev–Trinajstić information content (AvgIpc) is 2.26. The fourth-order valence-corrected chi connectivity index (χ4v) is 2.03. The highest BCUT2D eigenvalue weighted by atomic mass is 32.2. The van der Waals surface area contributed by atoms with Crippen molar-refractivity contribution >= 4 is 16.4 Å². The Morgan fingerprint density at radius 3 is 2.40 bits per heavy atom. The number of rotatable bonds is 6. The van der Waals surface area contributed by atoms with E-state index < -0.39 is 10.0 Å². The first kappa shape index (κ1) is 11.7. The van der Waals surface area contributed by atoms with Crippen LogP contribution < -0.4 is 10.0 Å². The minimum absolute atomic E-state index is 0.145. The molecule has 1 radical (unpaired) electrons. The number of benzene rings is 1. The Morgan fingerprint density at radius 1 is 1.13 bits per heavy atom. The summed E-state index contributed by atoms with van der Waals surface area (Å²) in [6.07, 6.45) is 1.46. The smallest absolute Gasteiger partial charge is 0.309 e. The van der Waals surface area contributed by atoms with E-state index >= 15 is 0 Å². The minimum atomic E-state index is -3.46. The van der Waals surface area contributed by atoms with E-state index in [1.807, 2.05) is 0 Å². The van der Waals surface area contributed by atoms with Gasteiger partial charge in [0.15, 0.2) is 0 Å². The Balaban J connectivity index is 2.57. The van der Waals surface area contributed by atoms with Crippen LogP contribution >= 0.6 is 0 Å². The van der Waals surface area contributed by atoms with E-state index in [9.17, 15) is 13.2 Å². The normalized spacial score (nSPS) is 10.9. The number of sulfonamides is 1. The van der Waals surface area contributed by atoms with E-state index in [1.165, 1.54) is 18.5 Å². The van der Waals surface area contributed by atoms with Crippen LogP contribution in [0.3, 0.4) is 0 Å². The molecule has 15 heavy (non-hydrogen) atoms. The highest BCUT2D eigenvalue weighted by Gasteiger charge is 2.11. The van der Waals surface area contributed by atoms with E-state index in [2.05, 4.69) is 10.0 Å². The third-order valence-corrected chi connectivity index (χ3v) is 3.14. The second kappa shape index (κ2) is 5.47. The van der Waals surface area contributed by atoms with Crippen LogP contribution in [-0.4, -0.2) is 27.9 Å². The molecule has 0 aromatic heterocycles. The third-order valence-electron chi connectivity index (χ3n) is 1.67. The van der Waals surface area contributed by atoms with Gasteiger partial charge in [0.1, 0.15) is 0 Å². The lowest BCUT2D eigenvalue weighted by atomic mass is 10.4. The van der Waals surface area contributed by atoms with Gasteiger partial charge in [-0.3, -0.25) is 4.79 Å². The molecule has 0 aliphatic heterocycles. The molecule has 1 amide bonds. The topological polar surface area (TPSA) is 75.3 Å². The molecule has 0 aliphatic rings. The van der Waals surface area contributed by atoms with Crippen molar-refractivity contribution in [3.05, 3.63) is 30.3 Å². The van der Waals surface area contributed by atoms with Crippen molar-refractivity contribution < 1.29 is 13.2 Å². The minimum Gasteiger partial charge on any atom is -0.347 e. The number of nitrogens with one attached hydrogen (secondary N) is 2. The number of hydrogen-bond donors (Lipinski definition) is 2. The molecule has 0 aliphatic carbocycles. The van der Waals surface area contributed by atoms with Gasteiger partial charge in [-0.25, -0.2) is 13.1 Å². The molecule has 5 nitrogen and oxygen atoms in total. The van der Waals surface area contributed by atoms with Crippen molar-refractivity contribution in [1.29, 1.82) is 0 Å². The molecule has 0 fully saturated rings. The quantitative estimate of drug-likeness (QED) is 0.514. The van der Waals surface area contributed by atoms with Crippen molar-refractivity contribution in [2.75, 3.05) is 13.1 Å². The average molecular weight is 227 g/mol. The molecule has 81 valence electrons. The van der Waals surface area contributed by atoms with Crippen LogP contribution in [0.1, 0.15) is 0 Å². The van der Waals surface area contributed by atoms with Crippen molar-refractivity contribution in [2.24, 2.45) is 0 Å². The summed E-state index contributed by atoms with van der Waals surface area (Å²) in [5, 5.41) is 2.24. The van der Waals surface area contributed by atoms with Gasteiger partial charge in [-0.05, 0) is 12.1 Å². The molecule has 0 heterocycles. The van der Waals surface area contributed by atoms with E-state index in [-0.39, 0.29) is 18.0 Å². The van der Waals surface area contributed by atoms with Crippen molar-refractivity contribution in [1.82, 2.24) is 10.0 Å². The lowest BCUT2D eigenvalue weighted by Crippen LogP contribution is -2.31. The molecule has 0 bridgehead atoms. The Hall–Kier alpha value is -1.40. The SMILES string of the molecule is O=[C]NCCNS(=O)(=O)c1ccccc1. The summed E-state index contributed by atoms with van der Waals surface area (Å²) in [4.78, 5) is 9.99. The van der Waals surface area contributed by atoms with Gasteiger partial charge in [0, 0.05) is 13.1 Å². The molecule has 1 rings (SSSR count). The maximum absolute atomic E-state index is 11.6. The van der Waals surface area contributed by atoms with Crippen LogP contribution in [0.5, 0.6) is 0 Å². The zero-order valence-electron chi connectivity index (χ0n) is 7.93. The first-order valence-electron chi connectivity index (χ1n) is 4.31. The Labute approximate surface area is 88.5 Å². The van der Waals surface area contributed by atoms with Crippen LogP contribution in [0.25, 0.3) is 0 Å². The number of carbonyl (C=O) groups excluding carboxylic acids is 1. The largest absolute Gasteiger partial charge is 0.347 e. The molecule has 0 unspecified atom stereocenters. The van der Waals surface area contributed by atoms with E-state index in [4.69, 9.17) is 0 Å². The van der Waals surface area contributed by atoms with E-state index in [0.29, 0.717) is 0 Å². The van der Waals surface area contributed by atoms with Crippen LogP contribution in [0.15, 0.2) is 35.2 Å². The molecule has 6 heteroatoms. The van der Waals surface area contributed by atoms with E-state index in [0.717, 1.165) is 0 Å². The molecule has 1 aromatic carbocycles. The third kappa shape index (κ3) is 3.69. The van der Waals surface area contributed by atoms with Crippen LogP contribution in [0, 0.1) is 0 Å². The van der Waals surface area contributed by atoms with Gasteiger partial charge in [0.2, 0.25) is 10.0 Å². The maximum atomic E-state index is 11.6. The van der Waals surface area contributed by atoms with Crippen LogP contribution in [-0.2, 0) is 14.8 Å². The monoisotopic (exact) mass is 227 g/mol. The summed E-state index contributed by atoms with van der Waals surface area (Å²) in [7, 11) is -3.46. The molecule has 0 spiro atoms. The fraction of sp³-hybridized carbons (Fsp3) is 0.222. The van der Waals surface area contributed by atoms with Gasteiger partial charge in [-0.1, -0.05) is 18.2 Å². The fourth-order valence-electron chi connectivity index (χ4n) is 0.982. The molecule has 2 N–H and O–H groups in total. The Morgan fingerprint density at radius 2 is 1.80 bits per heavy atom. The van der Waals surface area contributed by atoms with Crippen molar-refractivity contribution in [3.8, 4) is 0 Å². The molecule has 0 saturated heterocycles. The second-order valence-corrected chi connectivity index (χ2v) is 4.51. The first-order valence-corrected chi connectivity index (χ1v) is 5.80. The van der Waals surface area contributed by atoms with Gasteiger partial charge in [0.25, 0.3) is 0 Å². The highest BCUT2D eigenvalue weighted by molar-refractivity contribution is 7.89. The van der Waals surface area contributed by atoms with Gasteiger partial charge in [0.05, 0.1) is 4.90 Å². The zero-order valence-corrected chi connectivity index (χ0v) is 8.75. The summed E-state index contributed by atoms with van der Waals surface area (Å²) in [5.41, 5.74) is 0.